The molecule has 0 aliphatic rings. The summed E-state index contributed by atoms with van der Waals surface area (Å²) in [7, 11) is 0.622. The summed E-state index contributed by atoms with van der Waals surface area (Å²) in [6, 6.07) is 0. The largest absolute Gasteiger partial charge is 0.573 e. The first-order valence-corrected chi connectivity index (χ1v) is 6.74. The summed E-state index contributed by atoms with van der Waals surface area (Å²) in [5, 5.41) is 0. The molecular weight excluding hydrogens is 354 g/mol. The van der Waals surface area contributed by atoms with Crippen molar-refractivity contribution >= 4 is 35.7 Å². The second-order valence-corrected chi connectivity index (χ2v) is 5.94. The van der Waals surface area contributed by atoms with Gasteiger partial charge in [0.2, 0.25) is 5.75 Å². The van der Waals surface area contributed by atoms with E-state index in [1.165, 1.54) is 0 Å². The normalized spacial score (nSPS) is 12.5. The number of halogens is 5. The predicted octanol–water partition coefficient (Wildman–Crippen LogP) is 1.96. The summed E-state index contributed by atoms with van der Waals surface area (Å²) >= 11 is 2.51. The molecule has 0 bridgehead atoms. The Hall–Kier alpha value is -0.740. The molecule has 1 aromatic rings. The monoisotopic (exact) mass is 355 g/mol. The molecule has 0 amide bonds. The van der Waals surface area contributed by atoms with Crippen LogP contribution in [0.25, 0.3) is 0 Å². The van der Waals surface area contributed by atoms with Crippen LogP contribution in [0.5, 0.6) is 5.75 Å². The third-order valence-corrected chi connectivity index (χ3v) is 3.83. The number of ether oxygens (including phenoxy) is 1. The Morgan fingerprint density at radius 1 is 1.41 bits per heavy atom. The lowest BCUT2D eigenvalue weighted by atomic mass is 10.4. The van der Waals surface area contributed by atoms with E-state index < -0.39 is 36.1 Å². The van der Waals surface area contributed by atoms with Gasteiger partial charge in [-0.3, -0.25) is 4.79 Å². The lowest BCUT2D eigenvalue weighted by Crippen LogP contribution is -2.23. The molecule has 0 saturated heterocycles. The van der Waals surface area contributed by atoms with Crippen molar-refractivity contribution in [3.8, 4) is 5.75 Å². The van der Waals surface area contributed by atoms with E-state index in [0.29, 0.717) is 6.20 Å². The van der Waals surface area contributed by atoms with Crippen molar-refractivity contribution in [1.29, 1.82) is 0 Å². The molecule has 0 aliphatic carbocycles. The maximum Gasteiger partial charge on any atom is 0.573 e. The molecule has 0 radical (unpaired) electrons. The summed E-state index contributed by atoms with van der Waals surface area (Å²) in [5.41, 5.74) is -1.25. The average molecular weight is 357 g/mol. The van der Waals surface area contributed by atoms with Gasteiger partial charge in [-0.25, -0.2) is 8.42 Å². The molecule has 1 aromatic heterocycles. The van der Waals surface area contributed by atoms with Crippen molar-refractivity contribution in [2.24, 2.45) is 0 Å². The summed E-state index contributed by atoms with van der Waals surface area (Å²) in [4.78, 5) is 12.1. The van der Waals surface area contributed by atoms with Gasteiger partial charge in [-0.15, -0.1) is 13.2 Å². The second kappa shape index (κ2) is 4.50. The molecule has 5 nitrogen and oxygen atoms in total. The first-order chi connectivity index (χ1) is 7.52. The van der Waals surface area contributed by atoms with Gasteiger partial charge >= 0.3 is 6.36 Å². The summed E-state index contributed by atoms with van der Waals surface area (Å²) in [5.74, 6) is -1.24. The van der Waals surface area contributed by atoms with Crippen LogP contribution in [0.15, 0.2) is 20.4 Å². The van der Waals surface area contributed by atoms with Crippen LogP contribution in [0.3, 0.4) is 0 Å². The number of hydrogen-bond acceptors (Lipinski definition) is 4. The number of aromatic amines is 1. The minimum Gasteiger partial charge on any atom is -0.399 e. The zero-order valence-corrected chi connectivity index (χ0v) is 10.7. The molecule has 0 unspecified atom stereocenters. The number of rotatable bonds is 2. The van der Waals surface area contributed by atoms with Crippen LogP contribution in [0.2, 0.25) is 0 Å². The average Bonchev–Trinajstić information content (AvgIpc) is 2.08. The van der Waals surface area contributed by atoms with Gasteiger partial charge in [-0.1, -0.05) is 0 Å². The molecule has 1 rings (SSSR count). The minimum atomic E-state index is -5.13. The van der Waals surface area contributed by atoms with E-state index in [1.54, 1.807) is 4.98 Å². The van der Waals surface area contributed by atoms with Crippen LogP contribution < -0.4 is 10.3 Å². The fraction of sp³-hybridized carbons (Fsp3) is 0.167. The Kier molecular flexibility index (Phi) is 3.79. The van der Waals surface area contributed by atoms with Crippen LogP contribution in [-0.2, 0) is 9.05 Å². The van der Waals surface area contributed by atoms with Crippen molar-refractivity contribution in [3.05, 3.63) is 21.0 Å². The Bertz CT molecular complexity index is 596. The predicted molar refractivity (Wildman–Crippen MR) is 54.5 cm³/mol. The Morgan fingerprint density at radius 2 is 1.94 bits per heavy atom. The first-order valence-electron chi connectivity index (χ1n) is 3.64. The molecule has 1 heterocycles. The van der Waals surface area contributed by atoms with E-state index in [9.17, 15) is 26.4 Å². The van der Waals surface area contributed by atoms with Gasteiger partial charge < -0.3 is 9.72 Å². The maximum atomic E-state index is 12.0. The molecule has 17 heavy (non-hydrogen) atoms. The smallest absolute Gasteiger partial charge is 0.399 e. The topological polar surface area (TPSA) is 76.2 Å². The van der Waals surface area contributed by atoms with Crippen molar-refractivity contribution in [1.82, 2.24) is 4.98 Å². The highest BCUT2D eigenvalue weighted by Gasteiger charge is 2.34. The van der Waals surface area contributed by atoms with E-state index in [0.717, 1.165) is 0 Å². The number of pyridine rings is 1. The molecular formula is C6H2BrClF3NO4S. The zero-order chi connectivity index (χ0) is 13.4. The molecule has 0 spiro atoms. The van der Waals surface area contributed by atoms with Crippen molar-refractivity contribution in [2.45, 2.75) is 11.3 Å². The van der Waals surface area contributed by atoms with Gasteiger partial charge in [0.05, 0.1) is 4.47 Å². The quantitative estimate of drug-likeness (QED) is 0.822. The number of alkyl halides is 3. The highest BCUT2D eigenvalue weighted by Crippen LogP contribution is 2.32. The molecule has 0 aliphatic heterocycles. The van der Waals surface area contributed by atoms with Gasteiger partial charge in [-0.2, -0.15) is 0 Å². The standard InChI is InChI=1S/C6H2BrClF3NO4S/c7-3-2(17(8,14)15)1-12-5(13)4(3)16-6(9,10)11/h1H,(H,12,13). The second-order valence-electron chi connectivity index (χ2n) is 2.61. The van der Waals surface area contributed by atoms with E-state index in [1.807, 2.05) is 0 Å². The van der Waals surface area contributed by atoms with Crippen molar-refractivity contribution < 1.29 is 26.3 Å². The van der Waals surface area contributed by atoms with Gasteiger partial charge in [0.15, 0.2) is 0 Å². The Morgan fingerprint density at radius 3 is 2.35 bits per heavy atom. The lowest BCUT2D eigenvalue weighted by molar-refractivity contribution is -0.275. The maximum absolute atomic E-state index is 12.0. The summed E-state index contributed by atoms with van der Waals surface area (Å²) in [6.45, 7) is 0. The van der Waals surface area contributed by atoms with E-state index in [2.05, 4.69) is 20.7 Å². The third kappa shape index (κ3) is 3.61. The lowest BCUT2D eigenvalue weighted by Gasteiger charge is -2.10. The van der Waals surface area contributed by atoms with E-state index >= 15 is 0 Å². The Labute approximate surface area is 105 Å². The van der Waals surface area contributed by atoms with E-state index in [-0.39, 0.29) is 0 Å². The number of aromatic nitrogens is 1. The van der Waals surface area contributed by atoms with Crippen molar-refractivity contribution in [2.75, 3.05) is 0 Å². The number of H-pyrrole nitrogens is 1. The third-order valence-electron chi connectivity index (χ3n) is 1.44. The van der Waals surface area contributed by atoms with Crippen LogP contribution in [-0.4, -0.2) is 19.8 Å². The van der Waals surface area contributed by atoms with Crippen LogP contribution in [0.4, 0.5) is 13.2 Å². The highest BCUT2D eigenvalue weighted by atomic mass is 79.9. The number of hydrogen-bond donors (Lipinski definition) is 1. The fourth-order valence-electron chi connectivity index (χ4n) is 0.856. The van der Waals surface area contributed by atoms with Crippen LogP contribution in [0.1, 0.15) is 0 Å². The highest BCUT2D eigenvalue weighted by molar-refractivity contribution is 9.10. The number of nitrogens with one attached hydrogen (secondary N) is 1. The van der Waals surface area contributed by atoms with Gasteiger partial charge in [0, 0.05) is 16.9 Å². The van der Waals surface area contributed by atoms with E-state index in [4.69, 9.17) is 10.7 Å². The van der Waals surface area contributed by atoms with Crippen molar-refractivity contribution in [3.63, 3.8) is 0 Å². The zero-order valence-electron chi connectivity index (χ0n) is 7.51. The Balaban J connectivity index is 3.47. The SMILES string of the molecule is O=c1[nH]cc(S(=O)(=O)Cl)c(Br)c1OC(F)(F)F. The molecule has 96 valence electrons. The molecule has 11 heteroatoms. The van der Waals surface area contributed by atoms with Gasteiger partial charge in [-0.05, 0) is 15.9 Å². The first kappa shape index (κ1) is 14.3. The molecule has 1 N–H and O–H groups in total. The molecule has 0 fully saturated rings. The van der Waals surface area contributed by atoms with Crippen LogP contribution in [0, 0.1) is 0 Å². The fourth-order valence-corrected chi connectivity index (χ4v) is 3.02. The molecule has 0 aromatic carbocycles. The van der Waals surface area contributed by atoms with Crippen LogP contribution >= 0.6 is 26.6 Å². The summed E-state index contributed by atoms with van der Waals surface area (Å²) in [6.07, 6.45) is -4.48. The molecule has 0 saturated carbocycles. The minimum absolute atomic E-state index is 0.651. The molecule has 0 atom stereocenters. The van der Waals surface area contributed by atoms with Gasteiger partial charge in [0.25, 0.3) is 14.6 Å². The summed E-state index contributed by atoms with van der Waals surface area (Å²) < 4.78 is 60.5. The van der Waals surface area contributed by atoms with Gasteiger partial charge in [0.1, 0.15) is 4.90 Å².